The van der Waals surface area contributed by atoms with Gasteiger partial charge in [0.05, 0.1) is 23.3 Å². The van der Waals surface area contributed by atoms with Crippen LogP contribution in [0, 0.1) is 5.92 Å². The van der Waals surface area contributed by atoms with E-state index < -0.39 is 0 Å². The highest BCUT2D eigenvalue weighted by molar-refractivity contribution is 5.98. The molecule has 3 heterocycles. The number of hydrogen-bond acceptors (Lipinski definition) is 4. The van der Waals surface area contributed by atoms with E-state index in [1.807, 2.05) is 10.8 Å². The number of benzene rings is 1. The van der Waals surface area contributed by atoms with Crippen molar-refractivity contribution in [2.24, 2.45) is 20.0 Å². The minimum absolute atomic E-state index is 0.0266. The summed E-state index contributed by atoms with van der Waals surface area (Å²) in [5.41, 5.74) is 1.90. The van der Waals surface area contributed by atoms with Crippen molar-refractivity contribution < 1.29 is 9.59 Å². The van der Waals surface area contributed by atoms with Gasteiger partial charge in [-0.05, 0) is 24.6 Å². The molecule has 2 amide bonds. The van der Waals surface area contributed by atoms with E-state index in [4.69, 9.17) is 0 Å². The van der Waals surface area contributed by atoms with Crippen LogP contribution in [0.15, 0.2) is 41.7 Å². The van der Waals surface area contributed by atoms with Crippen molar-refractivity contribution in [3.63, 3.8) is 0 Å². The molecule has 1 atom stereocenters. The number of nitrogens with one attached hydrogen (secondary N) is 1. The monoisotopic (exact) mass is 396 g/mol. The highest BCUT2D eigenvalue weighted by Gasteiger charge is 2.31. The maximum absolute atomic E-state index is 12.9. The van der Waals surface area contributed by atoms with E-state index >= 15 is 0 Å². The summed E-state index contributed by atoms with van der Waals surface area (Å²) in [5.74, 6) is -0.343. The summed E-state index contributed by atoms with van der Waals surface area (Å²) in [5, 5.41) is 2.94. The lowest BCUT2D eigenvalue weighted by atomic mass is 10.1. The van der Waals surface area contributed by atoms with Crippen molar-refractivity contribution in [1.82, 2.24) is 28.9 Å². The minimum Gasteiger partial charge on any atom is -0.354 e. The van der Waals surface area contributed by atoms with Crippen LogP contribution in [0.25, 0.3) is 11.0 Å². The van der Waals surface area contributed by atoms with Gasteiger partial charge in [-0.3, -0.25) is 18.7 Å². The van der Waals surface area contributed by atoms with Crippen LogP contribution in [0.4, 0.5) is 0 Å². The lowest BCUT2D eigenvalue weighted by Crippen LogP contribution is -2.36. The fraction of sp³-hybridized carbons (Fsp3) is 0.400. The third-order valence-corrected chi connectivity index (χ3v) is 5.59. The molecule has 0 radical (unpaired) electrons. The molecule has 1 saturated heterocycles. The Labute approximate surface area is 167 Å². The molecule has 1 N–H and O–H groups in total. The number of carbonyl (C=O) groups excluding carboxylic acids is 2. The summed E-state index contributed by atoms with van der Waals surface area (Å²) in [7, 11) is 3.40. The van der Waals surface area contributed by atoms with Gasteiger partial charge in [-0.2, -0.15) is 0 Å². The fourth-order valence-electron chi connectivity index (χ4n) is 3.85. The first kappa shape index (κ1) is 19.0. The first-order valence-electron chi connectivity index (χ1n) is 9.64. The van der Waals surface area contributed by atoms with Gasteiger partial charge in [-0.25, -0.2) is 9.78 Å². The second-order valence-electron chi connectivity index (χ2n) is 7.43. The van der Waals surface area contributed by atoms with Crippen molar-refractivity contribution in [3.8, 4) is 0 Å². The van der Waals surface area contributed by atoms with Crippen LogP contribution in [0.2, 0.25) is 0 Å². The third-order valence-electron chi connectivity index (χ3n) is 5.59. The van der Waals surface area contributed by atoms with E-state index in [0.717, 1.165) is 11.0 Å². The molecule has 0 bridgehead atoms. The van der Waals surface area contributed by atoms with Crippen molar-refractivity contribution in [2.75, 3.05) is 19.6 Å². The molecule has 152 valence electrons. The van der Waals surface area contributed by atoms with E-state index in [1.54, 1.807) is 54.3 Å². The van der Waals surface area contributed by atoms with Gasteiger partial charge in [0, 0.05) is 58.2 Å². The van der Waals surface area contributed by atoms with Gasteiger partial charge in [0.25, 0.3) is 5.91 Å². The van der Waals surface area contributed by atoms with E-state index in [0.29, 0.717) is 38.2 Å². The number of imidazole rings is 2. The Kier molecular flexibility index (Phi) is 4.96. The summed E-state index contributed by atoms with van der Waals surface area (Å²) >= 11 is 0. The zero-order valence-electron chi connectivity index (χ0n) is 16.5. The molecule has 1 aromatic carbocycles. The van der Waals surface area contributed by atoms with Gasteiger partial charge in [-0.15, -0.1) is 0 Å². The Morgan fingerprint density at radius 3 is 2.76 bits per heavy atom. The van der Waals surface area contributed by atoms with E-state index in [9.17, 15) is 14.4 Å². The smallest absolute Gasteiger partial charge is 0.328 e. The maximum atomic E-state index is 12.9. The Bertz CT molecular complexity index is 1110. The van der Waals surface area contributed by atoms with Gasteiger partial charge < -0.3 is 14.8 Å². The van der Waals surface area contributed by atoms with Crippen molar-refractivity contribution >= 4 is 22.8 Å². The topological polar surface area (TPSA) is 94.2 Å². The Balaban J connectivity index is 1.39. The van der Waals surface area contributed by atoms with Crippen molar-refractivity contribution in [3.05, 3.63) is 53.0 Å². The molecule has 1 unspecified atom stereocenters. The van der Waals surface area contributed by atoms with Gasteiger partial charge in [0.15, 0.2) is 0 Å². The van der Waals surface area contributed by atoms with E-state index in [2.05, 4.69) is 10.3 Å². The molecule has 3 aromatic rings. The SMILES string of the molecule is Cn1c(=O)n(C)c2cc(C(=O)N3CCC(C(=O)NCCn4ccnc4)C3)ccc21. The van der Waals surface area contributed by atoms with Gasteiger partial charge >= 0.3 is 5.69 Å². The van der Waals surface area contributed by atoms with Gasteiger partial charge in [-0.1, -0.05) is 0 Å². The Hall–Kier alpha value is -3.36. The highest BCUT2D eigenvalue weighted by Crippen LogP contribution is 2.21. The van der Waals surface area contributed by atoms with Crippen LogP contribution in [0.5, 0.6) is 0 Å². The zero-order valence-corrected chi connectivity index (χ0v) is 16.5. The maximum Gasteiger partial charge on any atom is 0.328 e. The van der Waals surface area contributed by atoms with Crippen LogP contribution >= 0.6 is 0 Å². The van der Waals surface area contributed by atoms with Crippen LogP contribution in [0.3, 0.4) is 0 Å². The average Bonchev–Trinajstić information content (AvgIpc) is 3.46. The van der Waals surface area contributed by atoms with Crippen LogP contribution in [-0.4, -0.2) is 55.0 Å². The summed E-state index contributed by atoms with van der Waals surface area (Å²) in [6.45, 7) is 2.14. The molecule has 0 spiro atoms. The molecule has 0 saturated carbocycles. The lowest BCUT2D eigenvalue weighted by molar-refractivity contribution is -0.124. The number of rotatable bonds is 5. The second kappa shape index (κ2) is 7.57. The average molecular weight is 396 g/mol. The number of likely N-dealkylation sites (tertiary alicyclic amines) is 1. The summed E-state index contributed by atoms with van der Waals surface area (Å²) in [6, 6.07) is 5.28. The summed E-state index contributed by atoms with van der Waals surface area (Å²) < 4.78 is 4.99. The minimum atomic E-state index is -0.202. The molecule has 1 fully saturated rings. The molecule has 1 aliphatic rings. The van der Waals surface area contributed by atoms with Crippen LogP contribution < -0.4 is 11.0 Å². The molecular weight excluding hydrogens is 372 g/mol. The number of amides is 2. The van der Waals surface area contributed by atoms with Gasteiger partial charge in [0.2, 0.25) is 5.91 Å². The molecule has 1 aliphatic heterocycles. The number of fused-ring (bicyclic) bond motifs is 1. The zero-order chi connectivity index (χ0) is 20.5. The van der Waals surface area contributed by atoms with Gasteiger partial charge in [0.1, 0.15) is 0 Å². The second-order valence-corrected chi connectivity index (χ2v) is 7.43. The summed E-state index contributed by atoms with van der Waals surface area (Å²) in [6.07, 6.45) is 5.91. The Morgan fingerprint density at radius 1 is 1.21 bits per heavy atom. The summed E-state index contributed by atoms with van der Waals surface area (Å²) in [4.78, 5) is 43.1. The largest absolute Gasteiger partial charge is 0.354 e. The first-order valence-corrected chi connectivity index (χ1v) is 9.64. The number of carbonyl (C=O) groups is 2. The number of aromatic nitrogens is 4. The molecular formula is C20H24N6O3. The molecule has 2 aromatic heterocycles. The van der Waals surface area contributed by atoms with Crippen LogP contribution in [-0.2, 0) is 25.4 Å². The fourth-order valence-corrected chi connectivity index (χ4v) is 3.85. The lowest BCUT2D eigenvalue weighted by Gasteiger charge is -2.17. The van der Waals surface area contributed by atoms with E-state index in [1.165, 1.54) is 4.57 Å². The van der Waals surface area contributed by atoms with Crippen LogP contribution in [0.1, 0.15) is 16.8 Å². The third kappa shape index (κ3) is 3.55. The molecule has 0 aliphatic carbocycles. The Morgan fingerprint density at radius 2 is 2.00 bits per heavy atom. The molecule has 29 heavy (non-hydrogen) atoms. The van der Waals surface area contributed by atoms with E-state index in [-0.39, 0.29) is 23.4 Å². The number of aryl methyl sites for hydroxylation is 2. The molecule has 9 heteroatoms. The standard InChI is InChI=1S/C20H24N6O3/c1-23-16-4-3-14(11-17(16)24(2)20(23)29)19(28)26-8-5-15(12-26)18(27)22-7-10-25-9-6-21-13-25/h3-4,6,9,11,13,15H,5,7-8,10,12H2,1-2H3,(H,22,27). The number of hydrogen-bond donors (Lipinski definition) is 1. The van der Waals surface area contributed by atoms with Crippen molar-refractivity contribution in [1.29, 1.82) is 0 Å². The number of nitrogens with zero attached hydrogens (tertiary/aromatic N) is 5. The first-order chi connectivity index (χ1) is 14.0. The van der Waals surface area contributed by atoms with Crippen molar-refractivity contribution in [2.45, 2.75) is 13.0 Å². The normalized spacial score (nSPS) is 16.5. The predicted octanol–water partition coefficient (Wildman–Crippen LogP) is 0.352. The predicted molar refractivity (Wildman–Crippen MR) is 107 cm³/mol. The quantitative estimate of drug-likeness (QED) is 0.673. The highest BCUT2D eigenvalue weighted by atomic mass is 16.2. The molecule has 4 rings (SSSR count). The molecule has 9 nitrogen and oxygen atoms in total.